The largest absolute Gasteiger partial charge is 0.299 e. The number of allylic oxidation sites excluding steroid dienone is 1. The Morgan fingerprint density at radius 1 is 0.500 bits per heavy atom. The van der Waals surface area contributed by atoms with Crippen molar-refractivity contribution < 1.29 is 35.9 Å². The molecule has 2 nitrogen and oxygen atoms in total. The van der Waals surface area contributed by atoms with Crippen LogP contribution in [0, 0.1) is 71.0 Å². The molecule has 0 amide bonds. The summed E-state index contributed by atoms with van der Waals surface area (Å²) in [6.07, 6.45) is 5.92. The molecular formula is C28H32F6O2. The van der Waals surface area contributed by atoms with Gasteiger partial charge in [-0.15, -0.1) is 0 Å². The number of rotatable bonds is 0. The van der Waals surface area contributed by atoms with Crippen molar-refractivity contribution in [1.29, 1.82) is 0 Å². The maximum atomic E-state index is 13.5. The van der Waals surface area contributed by atoms with Crippen molar-refractivity contribution in [3.63, 3.8) is 0 Å². The zero-order chi connectivity index (χ0) is 25.5. The van der Waals surface area contributed by atoms with Crippen LogP contribution in [0.1, 0.15) is 57.8 Å². The van der Waals surface area contributed by atoms with E-state index >= 15 is 0 Å². The van der Waals surface area contributed by atoms with Crippen LogP contribution in [0.3, 0.4) is 0 Å². The van der Waals surface area contributed by atoms with Crippen molar-refractivity contribution in [2.45, 2.75) is 75.6 Å². The third-order valence-electron chi connectivity index (χ3n) is 12.1. The standard InChI is InChI=1S/C10H12F2.2C9H10F2O/c1-5-7-3-2-6-4-8(5)9(7)10(6,11)12;2*10-9(11)4-1-2-5-7(9)6(3-4)8(5)12/h6-9H,1-4H2;2*4-7H,1-3H2/t6-,7+,8-,9+;4-,5?,6+,7+;/m10./s1. The minimum absolute atomic E-state index is 0.125. The molecule has 8 heteroatoms. The molecule has 9 aliphatic rings. The van der Waals surface area contributed by atoms with Crippen molar-refractivity contribution >= 4 is 11.6 Å². The summed E-state index contributed by atoms with van der Waals surface area (Å²) in [5.74, 6) is -10.6. The molecule has 9 rings (SSSR count). The highest BCUT2D eigenvalue weighted by Gasteiger charge is 2.72. The van der Waals surface area contributed by atoms with Gasteiger partial charge in [0.25, 0.3) is 17.8 Å². The Morgan fingerprint density at radius 3 is 1.25 bits per heavy atom. The van der Waals surface area contributed by atoms with Gasteiger partial charge in [-0.2, -0.15) is 0 Å². The molecule has 12 atom stereocenters. The summed E-state index contributed by atoms with van der Waals surface area (Å²) < 4.78 is 80.4. The van der Waals surface area contributed by atoms with E-state index in [1.54, 1.807) is 0 Å². The molecule has 0 radical (unpaired) electrons. The predicted molar refractivity (Wildman–Crippen MR) is 117 cm³/mol. The van der Waals surface area contributed by atoms with Crippen LogP contribution < -0.4 is 0 Å². The third-order valence-corrected chi connectivity index (χ3v) is 12.1. The molecule has 36 heavy (non-hydrogen) atoms. The molecule has 0 aromatic carbocycles. The highest BCUT2D eigenvalue weighted by molar-refractivity contribution is 5.92. The number of hydrogen-bond acceptors (Lipinski definition) is 2. The molecular weight excluding hydrogens is 482 g/mol. The predicted octanol–water partition coefficient (Wildman–Crippen LogP) is 6.59. The summed E-state index contributed by atoms with van der Waals surface area (Å²) in [4.78, 5) is 22.5. The lowest BCUT2D eigenvalue weighted by Crippen LogP contribution is -2.53. The zero-order valence-corrected chi connectivity index (χ0v) is 20.1. The van der Waals surface area contributed by atoms with Gasteiger partial charge in [0.15, 0.2) is 0 Å². The van der Waals surface area contributed by atoms with Crippen LogP contribution in [0.15, 0.2) is 12.2 Å². The fourth-order valence-corrected chi connectivity index (χ4v) is 10.2. The molecule has 9 fully saturated rings. The quantitative estimate of drug-likeness (QED) is 0.270. The molecule has 5 unspecified atom stereocenters. The van der Waals surface area contributed by atoms with E-state index in [9.17, 15) is 35.9 Å². The molecule has 0 saturated heterocycles. The number of carbonyl (C=O) groups excluding carboxylic acids is 2. The first-order valence-electron chi connectivity index (χ1n) is 13.8. The molecule has 0 spiro atoms. The van der Waals surface area contributed by atoms with E-state index in [4.69, 9.17) is 0 Å². The van der Waals surface area contributed by atoms with Crippen LogP contribution in [-0.2, 0) is 9.59 Å². The van der Waals surface area contributed by atoms with Gasteiger partial charge >= 0.3 is 0 Å². The average molecular weight is 515 g/mol. The Labute approximate surface area is 206 Å². The van der Waals surface area contributed by atoms with Crippen molar-refractivity contribution in [3.05, 3.63) is 12.2 Å². The Bertz CT molecular complexity index is 885. The Kier molecular flexibility index (Phi) is 4.74. The summed E-state index contributed by atoms with van der Waals surface area (Å²) >= 11 is 0. The normalized spacial score (nSPS) is 53.7. The number of hydrogen-bond donors (Lipinski definition) is 0. The molecule has 6 bridgehead atoms. The highest BCUT2D eigenvalue weighted by atomic mass is 19.3. The number of Topliss-reactive ketones (excluding diaryl/α,β-unsaturated/α-hetero) is 2. The molecule has 198 valence electrons. The van der Waals surface area contributed by atoms with E-state index in [1.807, 2.05) is 0 Å². The van der Waals surface area contributed by atoms with Crippen LogP contribution in [0.4, 0.5) is 26.3 Å². The van der Waals surface area contributed by atoms with E-state index in [0.29, 0.717) is 32.1 Å². The monoisotopic (exact) mass is 514 g/mol. The van der Waals surface area contributed by atoms with Gasteiger partial charge in [0, 0.05) is 59.2 Å². The lowest BCUT2D eigenvalue weighted by molar-refractivity contribution is -0.173. The number of ketones is 2. The van der Waals surface area contributed by atoms with Gasteiger partial charge in [0.1, 0.15) is 11.6 Å². The van der Waals surface area contributed by atoms with Crippen LogP contribution in [0.5, 0.6) is 0 Å². The summed E-state index contributed by atoms with van der Waals surface area (Å²) in [5.41, 5.74) is 1.12. The fourth-order valence-electron chi connectivity index (χ4n) is 10.2. The SMILES string of the molecule is C=C1[C@H]2C[C@H]3CC[C@@H]1[C@@H]2C3(F)F.O=C1C2CCC3CC1C2C3(F)F.O=C1C2CC[C@H]3C[C@@H]1[C@@H]2C3(F)F. The van der Waals surface area contributed by atoms with Gasteiger partial charge in [-0.1, -0.05) is 12.2 Å². The number of fused-ring (bicyclic) bond motifs is 3. The molecule has 0 aliphatic heterocycles. The van der Waals surface area contributed by atoms with Crippen molar-refractivity contribution in [1.82, 2.24) is 0 Å². The second kappa shape index (κ2) is 7.19. The molecule has 0 aromatic heterocycles. The molecule has 0 heterocycles. The Hall–Kier alpha value is -1.34. The lowest BCUT2D eigenvalue weighted by Gasteiger charge is -2.47. The second-order valence-corrected chi connectivity index (χ2v) is 13.1. The van der Waals surface area contributed by atoms with Gasteiger partial charge in [-0.05, 0) is 69.6 Å². The Balaban J connectivity index is 0.0000000919. The maximum absolute atomic E-state index is 13.5. The molecule has 9 aliphatic carbocycles. The van der Waals surface area contributed by atoms with Gasteiger partial charge < -0.3 is 0 Å². The van der Waals surface area contributed by atoms with E-state index in [1.165, 1.54) is 0 Å². The van der Waals surface area contributed by atoms with Crippen LogP contribution in [0.25, 0.3) is 0 Å². The van der Waals surface area contributed by atoms with E-state index in [2.05, 4.69) is 6.58 Å². The maximum Gasteiger partial charge on any atom is 0.255 e. The number of halogens is 6. The first-order chi connectivity index (χ1) is 16.9. The molecule has 0 N–H and O–H groups in total. The van der Waals surface area contributed by atoms with Gasteiger partial charge in [0.05, 0.1) is 0 Å². The van der Waals surface area contributed by atoms with Gasteiger partial charge in [-0.3, -0.25) is 9.59 Å². The van der Waals surface area contributed by atoms with Gasteiger partial charge in [0.2, 0.25) is 0 Å². The first-order valence-corrected chi connectivity index (χ1v) is 13.8. The topological polar surface area (TPSA) is 34.1 Å². The summed E-state index contributed by atoms with van der Waals surface area (Å²) in [7, 11) is 0. The van der Waals surface area contributed by atoms with Crippen LogP contribution in [0.2, 0.25) is 0 Å². The van der Waals surface area contributed by atoms with Crippen LogP contribution >= 0.6 is 0 Å². The minimum atomic E-state index is -2.51. The average Bonchev–Trinajstić information content (AvgIpc) is 3.19. The Morgan fingerprint density at radius 2 is 0.833 bits per heavy atom. The first kappa shape index (κ1) is 23.8. The van der Waals surface area contributed by atoms with E-state index < -0.39 is 41.4 Å². The highest BCUT2D eigenvalue weighted by Crippen LogP contribution is 2.69. The third kappa shape index (κ3) is 2.72. The van der Waals surface area contributed by atoms with Crippen molar-refractivity contribution in [2.75, 3.05) is 0 Å². The second-order valence-electron chi connectivity index (χ2n) is 13.1. The number of alkyl halides is 6. The van der Waals surface area contributed by atoms with Crippen molar-refractivity contribution in [3.8, 4) is 0 Å². The number of carbonyl (C=O) groups is 2. The smallest absolute Gasteiger partial charge is 0.255 e. The molecule has 0 aromatic rings. The van der Waals surface area contributed by atoms with E-state index in [0.717, 1.165) is 31.3 Å². The minimum Gasteiger partial charge on any atom is -0.299 e. The zero-order valence-electron chi connectivity index (χ0n) is 20.1. The lowest BCUT2D eigenvalue weighted by atomic mass is 9.59. The van der Waals surface area contributed by atoms with Crippen LogP contribution in [-0.4, -0.2) is 29.3 Å². The summed E-state index contributed by atoms with van der Waals surface area (Å²) in [6, 6.07) is 0. The van der Waals surface area contributed by atoms with E-state index in [-0.39, 0.29) is 58.9 Å². The molecule has 9 saturated carbocycles. The fraction of sp³-hybridized carbons (Fsp3) is 0.857. The van der Waals surface area contributed by atoms with Gasteiger partial charge in [-0.25, -0.2) is 26.3 Å². The van der Waals surface area contributed by atoms with Crippen molar-refractivity contribution in [2.24, 2.45) is 71.0 Å². The summed E-state index contributed by atoms with van der Waals surface area (Å²) in [6.45, 7) is 3.91. The summed E-state index contributed by atoms with van der Waals surface area (Å²) in [5, 5.41) is 0.